The molecular weight excluding hydrogens is 350 g/mol. The van der Waals surface area contributed by atoms with E-state index in [1.165, 1.54) is 11.1 Å². The first-order valence-electron chi connectivity index (χ1n) is 7.07. The molecule has 94 valence electrons. The number of allylic oxidation sites excluding steroid dienone is 4. The normalized spacial score (nSPS) is 24.4. The van der Waals surface area contributed by atoms with Gasteiger partial charge in [-0.2, -0.15) is 0 Å². The van der Waals surface area contributed by atoms with E-state index >= 15 is 0 Å². The maximum atomic E-state index is 2.45. The van der Waals surface area contributed by atoms with Crippen LogP contribution in [-0.4, -0.2) is 25.1 Å². The summed E-state index contributed by atoms with van der Waals surface area (Å²) in [4.78, 5) is 0. The fraction of sp³-hybridized carbons (Fsp3) is 0.105. The predicted octanol–water partition coefficient (Wildman–Crippen LogP) is 3.61. The van der Waals surface area contributed by atoms with Crippen molar-refractivity contribution in [2.45, 2.75) is 11.8 Å². The first-order chi connectivity index (χ1) is 9.95. The van der Waals surface area contributed by atoms with Crippen LogP contribution in [0.1, 0.15) is 34.1 Å². The van der Waals surface area contributed by atoms with Gasteiger partial charge in [0, 0.05) is 0 Å². The summed E-state index contributed by atoms with van der Waals surface area (Å²) in [5, 5.41) is 0. The van der Waals surface area contributed by atoms with Gasteiger partial charge in [-0.3, -0.25) is 0 Å². The number of hydrogen-bond acceptors (Lipinski definition) is 0. The van der Waals surface area contributed by atoms with Gasteiger partial charge in [0.05, 0.1) is 0 Å². The van der Waals surface area contributed by atoms with Crippen molar-refractivity contribution < 1.29 is 0 Å². The summed E-state index contributed by atoms with van der Waals surface area (Å²) in [5.74, 6) is 1.03. The van der Waals surface area contributed by atoms with Crippen molar-refractivity contribution in [3.63, 3.8) is 0 Å². The van der Waals surface area contributed by atoms with Crippen LogP contribution < -0.4 is 0 Å². The summed E-state index contributed by atoms with van der Waals surface area (Å²) < 4.78 is 4.22. The van der Waals surface area contributed by atoms with Crippen LogP contribution in [0.3, 0.4) is 0 Å². The average Bonchev–Trinajstić information content (AvgIpc) is 2.54. The average molecular weight is 363 g/mol. The number of benzene rings is 2. The van der Waals surface area contributed by atoms with Gasteiger partial charge in [-0.25, -0.2) is 0 Å². The van der Waals surface area contributed by atoms with Gasteiger partial charge >= 0.3 is 129 Å². The SMILES string of the molecule is C1=CC2=[C]([Sb]=[CH]1)C1c3ccccc3C2c2ccccc21. The molecule has 1 heterocycles. The fourth-order valence-corrected chi connectivity index (χ4v) is 7.13. The van der Waals surface area contributed by atoms with Crippen LogP contribution >= 0.6 is 0 Å². The Hall–Kier alpha value is -1.39. The molecule has 2 aromatic rings. The van der Waals surface area contributed by atoms with E-state index in [4.69, 9.17) is 0 Å². The Morgan fingerprint density at radius 3 is 1.85 bits per heavy atom. The van der Waals surface area contributed by atoms with Crippen molar-refractivity contribution in [1.29, 1.82) is 0 Å². The van der Waals surface area contributed by atoms with E-state index in [2.05, 4.69) is 64.6 Å². The van der Waals surface area contributed by atoms with Gasteiger partial charge < -0.3 is 0 Å². The molecule has 6 rings (SSSR count). The van der Waals surface area contributed by atoms with Crippen molar-refractivity contribution >= 4 is 25.1 Å². The Morgan fingerprint density at radius 2 is 1.25 bits per heavy atom. The molecule has 0 aromatic heterocycles. The molecule has 0 fully saturated rings. The molecule has 0 unspecified atom stereocenters. The number of hydrogen-bond donors (Lipinski definition) is 0. The first kappa shape index (κ1) is 11.3. The zero-order chi connectivity index (χ0) is 13.1. The Balaban J connectivity index is 1.91. The molecule has 0 nitrogen and oxygen atoms in total. The standard InChI is InChI=1S/C19H13.Sb/c1-2-7-13-12-18-14-8-3-5-10-16(14)19(13)17-11-6-4-9-15(17)18;/h1-11,18-19H;. The zero-order valence-corrected chi connectivity index (χ0v) is 13.5. The van der Waals surface area contributed by atoms with Gasteiger partial charge in [0.1, 0.15) is 0 Å². The second-order valence-corrected chi connectivity index (χ2v) is 8.56. The molecule has 0 amide bonds. The molecule has 0 atom stereocenters. The molecule has 0 radical (unpaired) electrons. The molecular formula is C19H13Sb. The van der Waals surface area contributed by atoms with Crippen molar-refractivity contribution in [3.8, 4) is 0 Å². The topological polar surface area (TPSA) is 0 Å². The van der Waals surface area contributed by atoms with E-state index in [0.29, 0.717) is 11.8 Å². The van der Waals surface area contributed by atoms with Crippen molar-refractivity contribution in [2.75, 3.05) is 0 Å². The van der Waals surface area contributed by atoms with Gasteiger partial charge in [-0.1, -0.05) is 0 Å². The van der Waals surface area contributed by atoms with Gasteiger partial charge in [-0.05, 0) is 0 Å². The van der Waals surface area contributed by atoms with Crippen molar-refractivity contribution in [1.82, 2.24) is 0 Å². The molecule has 2 bridgehead atoms. The number of rotatable bonds is 0. The Morgan fingerprint density at radius 1 is 0.700 bits per heavy atom. The summed E-state index contributed by atoms with van der Waals surface area (Å²) in [6.07, 6.45) is 4.67. The first-order valence-corrected chi connectivity index (χ1v) is 9.82. The van der Waals surface area contributed by atoms with Gasteiger partial charge in [0.15, 0.2) is 0 Å². The molecule has 0 spiro atoms. The quantitative estimate of drug-likeness (QED) is 0.628. The Labute approximate surface area is 128 Å². The second kappa shape index (κ2) is 4.06. The van der Waals surface area contributed by atoms with Gasteiger partial charge in [-0.15, -0.1) is 0 Å². The molecule has 20 heavy (non-hydrogen) atoms. The minimum atomic E-state index is -0.330. The van der Waals surface area contributed by atoms with Crippen LogP contribution in [0, 0.1) is 0 Å². The van der Waals surface area contributed by atoms with E-state index < -0.39 is 0 Å². The summed E-state index contributed by atoms with van der Waals surface area (Å²) >= 11 is -0.330. The zero-order valence-electron chi connectivity index (χ0n) is 11.0. The third-order valence-electron chi connectivity index (χ3n) is 4.69. The fourth-order valence-electron chi connectivity index (χ4n) is 3.95. The van der Waals surface area contributed by atoms with E-state index in [9.17, 15) is 0 Å². The molecule has 2 aromatic carbocycles. The minimum absolute atomic E-state index is 0.330. The summed E-state index contributed by atoms with van der Waals surface area (Å²) in [6, 6.07) is 18.2. The Bertz CT molecular complexity index is 708. The third kappa shape index (κ3) is 1.31. The van der Waals surface area contributed by atoms with Crippen LogP contribution in [0.15, 0.2) is 69.8 Å². The Kier molecular flexibility index (Phi) is 2.29. The van der Waals surface area contributed by atoms with Crippen LogP contribution in [0.5, 0.6) is 0 Å². The van der Waals surface area contributed by atoms with Crippen LogP contribution in [0.25, 0.3) is 0 Å². The van der Waals surface area contributed by atoms with E-state index in [-0.39, 0.29) is 21.1 Å². The molecule has 1 aliphatic heterocycles. The van der Waals surface area contributed by atoms with Crippen LogP contribution in [0.4, 0.5) is 0 Å². The summed E-state index contributed by atoms with van der Waals surface area (Å²) in [7, 11) is 0. The molecule has 0 saturated heterocycles. The van der Waals surface area contributed by atoms with Crippen LogP contribution in [-0.2, 0) is 0 Å². The van der Waals surface area contributed by atoms with Crippen LogP contribution in [0.2, 0.25) is 0 Å². The third-order valence-corrected chi connectivity index (χ3v) is 7.88. The second-order valence-electron chi connectivity index (χ2n) is 5.60. The molecule has 3 aliphatic carbocycles. The van der Waals surface area contributed by atoms with Crippen molar-refractivity contribution in [3.05, 3.63) is 92.0 Å². The van der Waals surface area contributed by atoms with Gasteiger partial charge in [0.25, 0.3) is 0 Å². The van der Waals surface area contributed by atoms with E-state index in [1.54, 1.807) is 20.2 Å². The molecule has 0 saturated carbocycles. The van der Waals surface area contributed by atoms with Crippen molar-refractivity contribution in [2.24, 2.45) is 0 Å². The molecule has 0 N–H and O–H groups in total. The predicted molar refractivity (Wildman–Crippen MR) is 84.6 cm³/mol. The van der Waals surface area contributed by atoms with E-state index in [1.807, 2.05) is 0 Å². The monoisotopic (exact) mass is 362 g/mol. The van der Waals surface area contributed by atoms with Gasteiger partial charge in [0.2, 0.25) is 0 Å². The summed E-state index contributed by atoms with van der Waals surface area (Å²) in [5.41, 5.74) is 7.82. The maximum absolute atomic E-state index is 2.45. The molecule has 4 aliphatic rings. The molecule has 1 heteroatoms. The summed E-state index contributed by atoms with van der Waals surface area (Å²) in [6.45, 7) is 0. The van der Waals surface area contributed by atoms with E-state index in [0.717, 1.165) is 0 Å².